The van der Waals surface area contributed by atoms with E-state index in [0.717, 1.165) is 6.42 Å². The van der Waals surface area contributed by atoms with Crippen molar-refractivity contribution in [3.05, 3.63) is 0 Å². The predicted octanol–water partition coefficient (Wildman–Crippen LogP) is 2.93. The number of rotatable bonds is 4. The van der Waals surface area contributed by atoms with Crippen LogP contribution in [0.5, 0.6) is 0 Å². The summed E-state index contributed by atoms with van der Waals surface area (Å²) in [5.74, 6) is 0. The largest absolute Gasteiger partial charge is 0.308 e. The van der Waals surface area contributed by atoms with Gasteiger partial charge in [0.05, 0.1) is 0 Å². The molecule has 0 aliphatic rings. The van der Waals surface area contributed by atoms with Gasteiger partial charge in [0.2, 0.25) is 0 Å². The zero-order chi connectivity index (χ0) is 12.3. The van der Waals surface area contributed by atoms with Crippen LogP contribution in [-0.4, -0.2) is 23.2 Å². The molecule has 0 radical (unpaired) electrons. The van der Waals surface area contributed by atoms with Crippen molar-refractivity contribution >= 4 is 0 Å². The van der Waals surface area contributed by atoms with Gasteiger partial charge in [-0.15, -0.1) is 0 Å². The Morgan fingerprint density at radius 2 is 1.27 bits per heavy atom. The lowest BCUT2D eigenvalue weighted by Gasteiger charge is -2.36. The molecule has 0 aliphatic carbocycles. The summed E-state index contributed by atoms with van der Waals surface area (Å²) in [6.07, 6.45) is 1.15. The molecular formula is C13H30N2. The van der Waals surface area contributed by atoms with Crippen LogP contribution in [0.25, 0.3) is 0 Å². The minimum atomic E-state index is 0.187. The van der Waals surface area contributed by atoms with E-state index in [1.54, 1.807) is 0 Å². The Morgan fingerprint density at radius 3 is 1.53 bits per heavy atom. The molecule has 15 heavy (non-hydrogen) atoms. The molecule has 0 fully saturated rings. The van der Waals surface area contributed by atoms with Crippen LogP contribution in [0.3, 0.4) is 0 Å². The van der Waals surface area contributed by atoms with Gasteiger partial charge in [-0.05, 0) is 54.9 Å². The first-order valence-electron chi connectivity index (χ1n) is 6.10. The number of hydrogen-bond acceptors (Lipinski definition) is 2. The highest BCUT2D eigenvalue weighted by Gasteiger charge is 2.23. The van der Waals surface area contributed by atoms with Gasteiger partial charge in [0.15, 0.2) is 0 Å². The zero-order valence-electron chi connectivity index (χ0n) is 11.9. The molecule has 0 spiro atoms. The second-order valence-corrected chi connectivity index (χ2v) is 6.59. The van der Waals surface area contributed by atoms with Gasteiger partial charge in [0, 0.05) is 23.2 Å². The quantitative estimate of drug-likeness (QED) is 0.752. The first-order valence-corrected chi connectivity index (χ1v) is 6.10. The van der Waals surface area contributed by atoms with Crippen LogP contribution in [-0.2, 0) is 0 Å². The molecule has 0 bridgehead atoms. The molecule has 0 heterocycles. The third-order valence-electron chi connectivity index (χ3n) is 2.32. The molecule has 0 saturated carbocycles. The van der Waals surface area contributed by atoms with E-state index in [9.17, 15) is 0 Å². The zero-order valence-corrected chi connectivity index (χ0v) is 11.9. The van der Waals surface area contributed by atoms with E-state index in [-0.39, 0.29) is 11.1 Å². The summed E-state index contributed by atoms with van der Waals surface area (Å²) in [5.41, 5.74) is 0.376. The Hall–Kier alpha value is -0.0800. The van der Waals surface area contributed by atoms with E-state index in [4.69, 9.17) is 0 Å². The van der Waals surface area contributed by atoms with Gasteiger partial charge in [-0.1, -0.05) is 6.92 Å². The molecule has 92 valence electrons. The highest BCUT2D eigenvalue weighted by Crippen LogP contribution is 2.10. The third-order valence-corrected chi connectivity index (χ3v) is 2.32. The van der Waals surface area contributed by atoms with Gasteiger partial charge in [-0.2, -0.15) is 0 Å². The van der Waals surface area contributed by atoms with Gasteiger partial charge in [-0.25, -0.2) is 0 Å². The van der Waals surface area contributed by atoms with Gasteiger partial charge in [-0.3, -0.25) is 0 Å². The maximum Gasteiger partial charge on any atom is 0.0220 e. The minimum Gasteiger partial charge on any atom is -0.308 e. The van der Waals surface area contributed by atoms with Crippen molar-refractivity contribution < 1.29 is 0 Å². The molecule has 0 rings (SSSR count). The lowest BCUT2D eigenvalue weighted by Crippen LogP contribution is -2.56. The second kappa shape index (κ2) is 5.31. The average molecular weight is 214 g/mol. The third kappa shape index (κ3) is 7.80. The molecule has 2 atom stereocenters. The van der Waals surface area contributed by atoms with E-state index in [2.05, 4.69) is 66.0 Å². The fraction of sp³-hybridized carbons (Fsp3) is 1.00. The molecule has 0 aromatic rings. The van der Waals surface area contributed by atoms with Crippen molar-refractivity contribution in [2.24, 2.45) is 0 Å². The first-order chi connectivity index (χ1) is 6.55. The SMILES string of the molecule is CCC(NC(C)(C)C)C(C)NC(C)(C)C. The van der Waals surface area contributed by atoms with Crippen molar-refractivity contribution in [2.45, 2.75) is 85.0 Å². The summed E-state index contributed by atoms with van der Waals surface area (Å²) in [6.45, 7) is 17.8. The summed E-state index contributed by atoms with van der Waals surface area (Å²) < 4.78 is 0. The van der Waals surface area contributed by atoms with Crippen LogP contribution >= 0.6 is 0 Å². The Kier molecular flexibility index (Phi) is 5.28. The average Bonchev–Trinajstić information content (AvgIpc) is 1.94. The van der Waals surface area contributed by atoms with Crippen LogP contribution in [0.2, 0.25) is 0 Å². The van der Waals surface area contributed by atoms with Gasteiger partial charge in [0.1, 0.15) is 0 Å². The van der Waals surface area contributed by atoms with Crippen molar-refractivity contribution in [1.29, 1.82) is 0 Å². The van der Waals surface area contributed by atoms with E-state index in [1.165, 1.54) is 0 Å². The Balaban J connectivity index is 4.29. The van der Waals surface area contributed by atoms with E-state index in [0.29, 0.717) is 12.1 Å². The van der Waals surface area contributed by atoms with Crippen molar-refractivity contribution in [1.82, 2.24) is 10.6 Å². The summed E-state index contributed by atoms with van der Waals surface area (Å²) >= 11 is 0. The van der Waals surface area contributed by atoms with Gasteiger partial charge >= 0.3 is 0 Å². The standard InChI is InChI=1S/C13H30N2/c1-9-11(15-13(6,7)8)10(2)14-12(3,4)5/h10-11,14-15H,9H2,1-8H3. The lowest BCUT2D eigenvalue weighted by molar-refractivity contribution is 0.261. The maximum atomic E-state index is 3.67. The molecule has 0 amide bonds. The number of hydrogen-bond donors (Lipinski definition) is 2. The van der Waals surface area contributed by atoms with Gasteiger partial charge < -0.3 is 10.6 Å². The monoisotopic (exact) mass is 214 g/mol. The van der Waals surface area contributed by atoms with E-state index in [1.807, 2.05) is 0 Å². The Bertz CT molecular complexity index is 174. The van der Waals surface area contributed by atoms with Gasteiger partial charge in [0.25, 0.3) is 0 Å². The summed E-state index contributed by atoms with van der Waals surface area (Å²) in [5, 5.41) is 7.30. The van der Waals surface area contributed by atoms with Crippen LogP contribution in [0.1, 0.15) is 61.8 Å². The molecule has 2 nitrogen and oxygen atoms in total. The molecule has 0 aromatic heterocycles. The molecule has 0 aromatic carbocycles. The Labute approximate surface area is 96.2 Å². The summed E-state index contributed by atoms with van der Waals surface area (Å²) in [7, 11) is 0. The first kappa shape index (κ1) is 14.9. The minimum absolute atomic E-state index is 0.187. The van der Waals surface area contributed by atoms with E-state index >= 15 is 0 Å². The number of nitrogens with one attached hydrogen (secondary N) is 2. The summed E-state index contributed by atoms with van der Waals surface area (Å²) in [6, 6.07) is 1.03. The van der Waals surface area contributed by atoms with Crippen molar-refractivity contribution in [2.75, 3.05) is 0 Å². The molecule has 2 unspecified atom stereocenters. The smallest absolute Gasteiger partial charge is 0.0220 e. The Morgan fingerprint density at radius 1 is 0.867 bits per heavy atom. The topological polar surface area (TPSA) is 24.1 Å². The maximum absolute atomic E-state index is 3.67. The predicted molar refractivity (Wildman–Crippen MR) is 69.3 cm³/mol. The van der Waals surface area contributed by atoms with Crippen LogP contribution in [0.15, 0.2) is 0 Å². The fourth-order valence-corrected chi connectivity index (χ4v) is 1.92. The van der Waals surface area contributed by atoms with Crippen LogP contribution in [0, 0.1) is 0 Å². The molecule has 0 saturated heterocycles. The fourth-order valence-electron chi connectivity index (χ4n) is 1.92. The molecule has 0 aliphatic heterocycles. The van der Waals surface area contributed by atoms with Crippen molar-refractivity contribution in [3.8, 4) is 0 Å². The van der Waals surface area contributed by atoms with Crippen LogP contribution < -0.4 is 10.6 Å². The second-order valence-electron chi connectivity index (χ2n) is 6.59. The molecular weight excluding hydrogens is 184 g/mol. The van der Waals surface area contributed by atoms with E-state index < -0.39 is 0 Å². The lowest BCUT2D eigenvalue weighted by atomic mass is 9.98. The highest BCUT2D eigenvalue weighted by molar-refractivity contribution is 4.87. The highest BCUT2D eigenvalue weighted by atomic mass is 15.1. The summed E-state index contributed by atoms with van der Waals surface area (Å²) in [4.78, 5) is 0. The normalized spacial score (nSPS) is 17.6. The molecule has 2 heteroatoms. The molecule has 2 N–H and O–H groups in total. The van der Waals surface area contributed by atoms with Crippen molar-refractivity contribution in [3.63, 3.8) is 0 Å². The van der Waals surface area contributed by atoms with Crippen LogP contribution in [0.4, 0.5) is 0 Å².